The Kier molecular flexibility index (Phi) is 5.16. The molecule has 3 nitrogen and oxygen atoms in total. The van der Waals surface area contributed by atoms with Crippen LogP contribution in [0.25, 0.3) is 0 Å². The molecular weight excluding hydrogens is 267 g/mol. The van der Waals surface area contributed by atoms with Crippen molar-refractivity contribution in [2.24, 2.45) is 0 Å². The van der Waals surface area contributed by atoms with E-state index in [0.29, 0.717) is 12.2 Å². The van der Waals surface area contributed by atoms with E-state index in [1.807, 2.05) is 18.0 Å². The van der Waals surface area contributed by atoms with Crippen LogP contribution in [0.15, 0.2) is 48.5 Å². The van der Waals surface area contributed by atoms with Gasteiger partial charge >= 0.3 is 0 Å². The van der Waals surface area contributed by atoms with Crippen molar-refractivity contribution in [1.82, 2.24) is 0 Å². The summed E-state index contributed by atoms with van der Waals surface area (Å²) in [5, 5.41) is 8.71. The highest BCUT2D eigenvalue weighted by atomic mass is 19.1. The van der Waals surface area contributed by atoms with Gasteiger partial charge in [-0.25, -0.2) is 4.39 Å². The molecule has 21 heavy (non-hydrogen) atoms. The summed E-state index contributed by atoms with van der Waals surface area (Å²) in [6, 6.07) is 15.6. The van der Waals surface area contributed by atoms with Gasteiger partial charge in [0.05, 0.1) is 18.2 Å². The first-order chi connectivity index (χ1) is 10.2. The summed E-state index contributed by atoms with van der Waals surface area (Å²) in [5.74, 6) is 0.524. The lowest BCUT2D eigenvalue weighted by molar-refractivity contribution is 0.312. The van der Waals surface area contributed by atoms with Gasteiger partial charge in [0.15, 0.2) is 0 Å². The second-order valence-corrected chi connectivity index (χ2v) is 4.74. The number of hydrogen-bond acceptors (Lipinski definition) is 3. The molecule has 0 spiro atoms. The van der Waals surface area contributed by atoms with E-state index in [1.54, 1.807) is 30.3 Å². The molecule has 0 aliphatic rings. The zero-order chi connectivity index (χ0) is 15.1. The molecule has 2 rings (SSSR count). The van der Waals surface area contributed by atoms with E-state index < -0.39 is 0 Å². The molecule has 0 aromatic heterocycles. The van der Waals surface area contributed by atoms with Crippen LogP contribution in [0.2, 0.25) is 0 Å². The Morgan fingerprint density at radius 1 is 1.19 bits per heavy atom. The van der Waals surface area contributed by atoms with Gasteiger partial charge in [-0.1, -0.05) is 6.07 Å². The highest BCUT2D eigenvalue weighted by Gasteiger charge is 2.02. The molecule has 0 radical (unpaired) electrons. The molecule has 0 saturated carbocycles. The van der Waals surface area contributed by atoms with E-state index >= 15 is 0 Å². The molecule has 0 N–H and O–H groups in total. The normalized spacial score (nSPS) is 9.95. The maximum absolute atomic E-state index is 13.1. The van der Waals surface area contributed by atoms with Crippen molar-refractivity contribution in [3.8, 4) is 11.8 Å². The molecule has 4 heteroatoms. The van der Waals surface area contributed by atoms with Crippen molar-refractivity contribution >= 4 is 5.69 Å². The van der Waals surface area contributed by atoms with Crippen molar-refractivity contribution < 1.29 is 9.13 Å². The Morgan fingerprint density at radius 2 is 1.95 bits per heavy atom. The minimum atomic E-state index is -0.229. The molecule has 0 aliphatic heterocycles. The number of rotatable bonds is 6. The van der Waals surface area contributed by atoms with E-state index in [9.17, 15) is 4.39 Å². The molecule has 0 bridgehead atoms. The lowest BCUT2D eigenvalue weighted by Crippen LogP contribution is -2.20. The van der Waals surface area contributed by atoms with Crippen LogP contribution >= 0.6 is 0 Å². The van der Waals surface area contributed by atoms with Crippen molar-refractivity contribution in [2.75, 3.05) is 25.1 Å². The fourth-order valence-corrected chi connectivity index (χ4v) is 1.96. The maximum atomic E-state index is 13.1. The van der Waals surface area contributed by atoms with Gasteiger partial charge in [0.1, 0.15) is 11.6 Å². The van der Waals surface area contributed by atoms with Crippen molar-refractivity contribution in [2.45, 2.75) is 6.42 Å². The smallest absolute Gasteiger partial charge is 0.125 e. The van der Waals surface area contributed by atoms with Crippen LogP contribution in [0.4, 0.5) is 10.1 Å². The Labute approximate surface area is 124 Å². The molecule has 2 aromatic rings. The molecule has 0 amide bonds. The number of ether oxygens (including phenoxy) is 1. The molecule has 0 fully saturated rings. The first-order valence-corrected chi connectivity index (χ1v) is 6.79. The van der Waals surface area contributed by atoms with Gasteiger partial charge in [-0.2, -0.15) is 5.26 Å². The molecule has 0 aliphatic carbocycles. The second kappa shape index (κ2) is 7.30. The van der Waals surface area contributed by atoms with Crippen LogP contribution < -0.4 is 9.64 Å². The lowest BCUT2D eigenvalue weighted by Gasteiger charge is -2.19. The van der Waals surface area contributed by atoms with Crippen LogP contribution in [-0.2, 0) is 0 Å². The van der Waals surface area contributed by atoms with Crippen LogP contribution in [0, 0.1) is 17.1 Å². The van der Waals surface area contributed by atoms with E-state index in [1.165, 1.54) is 12.1 Å². The van der Waals surface area contributed by atoms with E-state index in [-0.39, 0.29) is 5.82 Å². The molecule has 108 valence electrons. The van der Waals surface area contributed by atoms with E-state index in [0.717, 1.165) is 24.4 Å². The summed E-state index contributed by atoms with van der Waals surface area (Å²) in [5.41, 5.74) is 1.47. The summed E-state index contributed by atoms with van der Waals surface area (Å²) in [4.78, 5) is 1.99. The van der Waals surface area contributed by atoms with E-state index in [2.05, 4.69) is 6.07 Å². The average molecular weight is 284 g/mol. The topological polar surface area (TPSA) is 36.3 Å². The number of nitriles is 1. The van der Waals surface area contributed by atoms with Gasteiger partial charge in [0, 0.05) is 19.3 Å². The Hall–Kier alpha value is -2.54. The van der Waals surface area contributed by atoms with Crippen molar-refractivity contribution in [1.29, 1.82) is 5.26 Å². The van der Waals surface area contributed by atoms with E-state index in [4.69, 9.17) is 10.00 Å². The summed E-state index contributed by atoms with van der Waals surface area (Å²) in [6.07, 6.45) is 0.826. The summed E-state index contributed by atoms with van der Waals surface area (Å²) in [7, 11) is 1.93. The molecule has 0 unspecified atom stereocenters. The van der Waals surface area contributed by atoms with Gasteiger partial charge in [-0.15, -0.1) is 0 Å². The van der Waals surface area contributed by atoms with Crippen LogP contribution in [0.3, 0.4) is 0 Å². The summed E-state index contributed by atoms with van der Waals surface area (Å²) >= 11 is 0. The predicted octanol–water partition coefficient (Wildman–Crippen LogP) is 3.60. The van der Waals surface area contributed by atoms with Gasteiger partial charge < -0.3 is 9.64 Å². The van der Waals surface area contributed by atoms with Gasteiger partial charge in [0.25, 0.3) is 0 Å². The molecule has 2 aromatic carbocycles. The Bertz CT molecular complexity index is 619. The third kappa shape index (κ3) is 4.50. The second-order valence-electron chi connectivity index (χ2n) is 4.74. The first-order valence-electron chi connectivity index (χ1n) is 6.79. The fourth-order valence-electron chi connectivity index (χ4n) is 1.96. The lowest BCUT2D eigenvalue weighted by atomic mass is 10.2. The van der Waals surface area contributed by atoms with Gasteiger partial charge in [-0.3, -0.25) is 0 Å². The molecular formula is C17H17FN2O. The largest absolute Gasteiger partial charge is 0.494 e. The number of halogens is 1. The summed E-state index contributed by atoms with van der Waals surface area (Å²) < 4.78 is 18.7. The quantitative estimate of drug-likeness (QED) is 0.760. The highest BCUT2D eigenvalue weighted by molar-refractivity contribution is 5.45. The predicted molar refractivity (Wildman–Crippen MR) is 80.9 cm³/mol. The zero-order valence-corrected chi connectivity index (χ0v) is 11.9. The van der Waals surface area contributed by atoms with Crippen LogP contribution in [0.1, 0.15) is 12.0 Å². The first kappa shape index (κ1) is 14.9. The number of hydrogen-bond donors (Lipinski definition) is 0. The monoisotopic (exact) mass is 284 g/mol. The van der Waals surface area contributed by atoms with Crippen molar-refractivity contribution in [3.63, 3.8) is 0 Å². The minimum absolute atomic E-state index is 0.229. The zero-order valence-electron chi connectivity index (χ0n) is 11.9. The molecule has 0 saturated heterocycles. The van der Waals surface area contributed by atoms with Gasteiger partial charge in [-0.05, 0) is 48.9 Å². The Balaban J connectivity index is 1.75. The standard InChI is InChI=1S/C17H17FN2O/c1-20(16-5-2-4-15(18)12-16)10-3-11-21-17-8-6-14(13-19)7-9-17/h2,4-9,12H,3,10-11H2,1H3. The third-order valence-corrected chi connectivity index (χ3v) is 3.14. The molecule has 0 atom stereocenters. The summed E-state index contributed by atoms with van der Waals surface area (Å²) in [6.45, 7) is 1.35. The van der Waals surface area contributed by atoms with Crippen molar-refractivity contribution in [3.05, 3.63) is 59.9 Å². The van der Waals surface area contributed by atoms with Crippen LogP contribution in [-0.4, -0.2) is 20.2 Å². The molecule has 0 heterocycles. The fraction of sp³-hybridized carbons (Fsp3) is 0.235. The maximum Gasteiger partial charge on any atom is 0.125 e. The number of nitrogens with zero attached hydrogens (tertiary/aromatic N) is 2. The number of benzene rings is 2. The third-order valence-electron chi connectivity index (χ3n) is 3.14. The minimum Gasteiger partial charge on any atom is -0.494 e. The SMILES string of the molecule is CN(CCCOc1ccc(C#N)cc1)c1cccc(F)c1. The Morgan fingerprint density at radius 3 is 2.62 bits per heavy atom. The average Bonchev–Trinajstić information content (AvgIpc) is 2.52. The highest BCUT2D eigenvalue weighted by Crippen LogP contribution is 2.15. The van der Waals surface area contributed by atoms with Gasteiger partial charge in [0.2, 0.25) is 0 Å². The number of anilines is 1. The van der Waals surface area contributed by atoms with Crippen LogP contribution in [0.5, 0.6) is 5.75 Å².